The molecule has 4 nitrogen and oxygen atoms in total. The van der Waals surface area contributed by atoms with Crippen molar-refractivity contribution in [3.63, 3.8) is 0 Å². The van der Waals surface area contributed by atoms with Gasteiger partial charge in [0, 0.05) is 11.4 Å². The van der Waals surface area contributed by atoms with Crippen LogP contribution in [0.2, 0.25) is 0 Å². The van der Waals surface area contributed by atoms with E-state index in [4.69, 9.17) is 5.73 Å². The molecular weight excluding hydrogens is 180 g/mol. The van der Waals surface area contributed by atoms with Gasteiger partial charge in [0.25, 0.3) is 0 Å². The van der Waals surface area contributed by atoms with Gasteiger partial charge in [-0.15, -0.1) is 0 Å². The predicted octanol–water partition coefficient (Wildman–Crippen LogP) is 1.24. The average molecular weight is 194 g/mol. The molecule has 1 aromatic carbocycles. The van der Waals surface area contributed by atoms with Crippen LogP contribution in [0, 0.1) is 0 Å². The molecule has 14 heavy (non-hydrogen) atoms. The molecule has 0 aliphatic carbocycles. The van der Waals surface area contributed by atoms with Crippen molar-refractivity contribution < 1.29 is 9.53 Å². The van der Waals surface area contributed by atoms with E-state index in [0.717, 1.165) is 5.69 Å². The summed E-state index contributed by atoms with van der Waals surface area (Å²) in [5, 5.41) is 2.99. The SMILES string of the molecule is COC(=O)[C@H](C)Nc1ccc(N)cc1. The minimum Gasteiger partial charge on any atom is -0.467 e. The number of methoxy groups -OCH3 is 1. The van der Waals surface area contributed by atoms with Crippen molar-refractivity contribution in [3.8, 4) is 0 Å². The van der Waals surface area contributed by atoms with Gasteiger partial charge in [0.15, 0.2) is 0 Å². The lowest BCUT2D eigenvalue weighted by Crippen LogP contribution is -2.27. The smallest absolute Gasteiger partial charge is 0.327 e. The number of carbonyl (C=O) groups is 1. The third kappa shape index (κ3) is 2.65. The van der Waals surface area contributed by atoms with Crippen molar-refractivity contribution in [1.82, 2.24) is 0 Å². The molecule has 4 heteroatoms. The van der Waals surface area contributed by atoms with E-state index in [9.17, 15) is 4.79 Å². The van der Waals surface area contributed by atoms with Gasteiger partial charge in [-0.25, -0.2) is 4.79 Å². The summed E-state index contributed by atoms with van der Waals surface area (Å²) in [6, 6.07) is 6.81. The maximum Gasteiger partial charge on any atom is 0.327 e. The Labute approximate surface area is 83.1 Å². The van der Waals surface area contributed by atoms with E-state index >= 15 is 0 Å². The van der Waals surface area contributed by atoms with Crippen molar-refractivity contribution >= 4 is 17.3 Å². The minimum absolute atomic E-state index is 0.290. The Morgan fingerprint density at radius 1 is 1.43 bits per heavy atom. The first kappa shape index (κ1) is 10.4. The third-order valence-corrected chi connectivity index (χ3v) is 1.85. The van der Waals surface area contributed by atoms with E-state index in [1.54, 1.807) is 19.1 Å². The van der Waals surface area contributed by atoms with E-state index in [1.807, 2.05) is 12.1 Å². The first-order valence-electron chi connectivity index (χ1n) is 4.33. The van der Waals surface area contributed by atoms with Crippen molar-refractivity contribution in [2.24, 2.45) is 0 Å². The molecule has 3 N–H and O–H groups in total. The maximum atomic E-state index is 11.1. The lowest BCUT2D eigenvalue weighted by molar-refractivity contribution is -0.141. The molecule has 0 bridgehead atoms. The van der Waals surface area contributed by atoms with Crippen LogP contribution in [0.1, 0.15) is 6.92 Å². The molecule has 0 aliphatic rings. The number of hydrogen-bond donors (Lipinski definition) is 2. The molecule has 0 unspecified atom stereocenters. The number of esters is 1. The molecule has 0 saturated heterocycles. The Bertz CT molecular complexity index is 308. The molecule has 0 amide bonds. The molecule has 1 aromatic rings. The number of nitrogens with one attached hydrogen (secondary N) is 1. The molecule has 0 radical (unpaired) electrons. The first-order valence-corrected chi connectivity index (χ1v) is 4.33. The largest absolute Gasteiger partial charge is 0.467 e. The van der Waals surface area contributed by atoms with E-state index in [-0.39, 0.29) is 12.0 Å². The number of hydrogen-bond acceptors (Lipinski definition) is 4. The van der Waals surface area contributed by atoms with Crippen LogP contribution in [0.4, 0.5) is 11.4 Å². The lowest BCUT2D eigenvalue weighted by Gasteiger charge is -2.12. The summed E-state index contributed by atoms with van der Waals surface area (Å²) < 4.78 is 4.58. The fourth-order valence-electron chi connectivity index (χ4n) is 1.07. The van der Waals surface area contributed by atoms with Crippen LogP contribution >= 0.6 is 0 Å². The van der Waals surface area contributed by atoms with Gasteiger partial charge in [-0.1, -0.05) is 0 Å². The number of benzene rings is 1. The molecule has 0 spiro atoms. The Morgan fingerprint density at radius 2 is 2.00 bits per heavy atom. The number of nitrogens with two attached hydrogens (primary N) is 1. The fraction of sp³-hybridized carbons (Fsp3) is 0.300. The molecule has 0 fully saturated rings. The number of rotatable bonds is 3. The Hall–Kier alpha value is -1.71. The highest BCUT2D eigenvalue weighted by Crippen LogP contribution is 2.11. The summed E-state index contributed by atoms with van der Waals surface area (Å²) in [5.41, 5.74) is 7.06. The molecule has 76 valence electrons. The quantitative estimate of drug-likeness (QED) is 0.561. The number of nitrogen functional groups attached to an aromatic ring is 1. The van der Waals surface area contributed by atoms with Gasteiger partial charge in [0.1, 0.15) is 6.04 Å². The Kier molecular flexibility index (Phi) is 3.34. The summed E-state index contributed by atoms with van der Waals surface area (Å²) >= 11 is 0. The highest BCUT2D eigenvalue weighted by atomic mass is 16.5. The zero-order valence-corrected chi connectivity index (χ0v) is 8.28. The van der Waals surface area contributed by atoms with Crippen LogP contribution in [0.25, 0.3) is 0 Å². The fourth-order valence-corrected chi connectivity index (χ4v) is 1.07. The second-order valence-corrected chi connectivity index (χ2v) is 3.01. The zero-order chi connectivity index (χ0) is 10.6. The van der Waals surface area contributed by atoms with Crippen molar-refractivity contribution in [2.45, 2.75) is 13.0 Å². The lowest BCUT2D eigenvalue weighted by atomic mass is 10.2. The van der Waals surface area contributed by atoms with E-state index < -0.39 is 0 Å². The van der Waals surface area contributed by atoms with Gasteiger partial charge in [-0.05, 0) is 31.2 Å². The summed E-state index contributed by atoms with van der Waals surface area (Å²) in [5.74, 6) is -0.290. The van der Waals surface area contributed by atoms with Gasteiger partial charge in [0.05, 0.1) is 7.11 Å². The summed E-state index contributed by atoms with van der Waals surface area (Å²) in [6.07, 6.45) is 0. The molecule has 0 aromatic heterocycles. The normalized spacial score (nSPS) is 11.9. The van der Waals surface area contributed by atoms with Gasteiger partial charge < -0.3 is 15.8 Å². The minimum atomic E-state index is -0.358. The topological polar surface area (TPSA) is 64.3 Å². The zero-order valence-electron chi connectivity index (χ0n) is 8.28. The molecule has 0 aliphatic heterocycles. The molecule has 1 atom stereocenters. The number of ether oxygens (including phenoxy) is 1. The average Bonchev–Trinajstić information content (AvgIpc) is 2.20. The van der Waals surface area contributed by atoms with Gasteiger partial charge in [0.2, 0.25) is 0 Å². The van der Waals surface area contributed by atoms with Crippen LogP contribution in [-0.2, 0) is 9.53 Å². The Morgan fingerprint density at radius 3 is 2.50 bits per heavy atom. The van der Waals surface area contributed by atoms with E-state index in [2.05, 4.69) is 10.1 Å². The van der Waals surface area contributed by atoms with Gasteiger partial charge in [-0.2, -0.15) is 0 Å². The summed E-state index contributed by atoms with van der Waals surface area (Å²) in [4.78, 5) is 11.1. The first-order chi connectivity index (χ1) is 6.63. The van der Waals surface area contributed by atoms with Crippen LogP contribution in [0.3, 0.4) is 0 Å². The van der Waals surface area contributed by atoms with Crippen molar-refractivity contribution in [2.75, 3.05) is 18.2 Å². The van der Waals surface area contributed by atoms with Crippen molar-refractivity contribution in [3.05, 3.63) is 24.3 Å². The molecule has 0 heterocycles. The van der Waals surface area contributed by atoms with Crippen LogP contribution in [0.5, 0.6) is 0 Å². The van der Waals surface area contributed by atoms with Crippen LogP contribution in [-0.4, -0.2) is 19.1 Å². The van der Waals surface area contributed by atoms with E-state index in [0.29, 0.717) is 5.69 Å². The highest BCUT2D eigenvalue weighted by molar-refractivity contribution is 5.78. The van der Waals surface area contributed by atoms with Crippen LogP contribution in [0.15, 0.2) is 24.3 Å². The van der Waals surface area contributed by atoms with Gasteiger partial charge in [-0.3, -0.25) is 0 Å². The van der Waals surface area contributed by atoms with Crippen LogP contribution < -0.4 is 11.1 Å². The molecular formula is C10H14N2O2. The van der Waals surface area contributed by atoms with Crippen molar-refractivity contribution in [1.29, 1.82) is 0 Å². The van der Waals surface area contributed by atoms with Gasteiger partial charge >= 0.3 is 5.97 Å². The third-order valence-electron chi connectivity index (χ3n) is 1.85. The number of carbonyl (C=O) groups excluding carboxylic acids is 1. The molecule has 1 rings (SSSR count). The standard InChI is InChI=1S/C10H14N2O2/c1-7(10(13)14-2)12-9-5-3-8(11)4-6-9/h3-7,12H,11H2,1-2H3/t7-/m0/s1. The second kappa shape index (κ2) is 4.50. The monoisotopic (exact) mass is 194 g/mol. The molecule has 0 saturated carbocycles. The van der Waals surface area contributed by atoms with E-state index in [1.165, 1.54) is 7.11 Å². The highest BCUT2D eigenvalue weighted by Gasteiger charge is 2.11. The number of anilines is 2. The summed E-state index contributed by atoms with van der Waals surface area (Å²) in [6.45, 7) is 1.74. The predicted molar refractivity (Wildman–Crippen MR) is 56.0 cm³/mol. The summed E-state index contributed by atoms with van der Waals surface area (Å²) in [7, 11) is 1.36. The Balaban J connectivity index is 2.60. The second-order valence-electron chi connectivity index (χ2n) is 3.01. The maximum absolute atomic E-state index is 11.1.